The molecule has 0 amide bonds. The molecule has 5 N–H and O–H groups in total. The molecule has 9 heteroatoms. The van der Waals surface area contributed by atoms with E-state index in [2.05, 4.69) is 15.3 Å². The number of pyridine rings is 1. The lowest BCUT2D eigenvalue weighted by Crippen LogP contribution is -2.24. The number of halogens is 2. The largest absolute Gasteiger partial charge is 0.482 e. The summed E-state index contributed by atoms with van der Waals surface area (Å²) in [4.78, 5) is 8.88. The predicted molar refractivity (Wildman–Crippen MR) is 122 cm³/mol. The van der Waals surface area contributed by atoms with Gasteiger partial charge in [0.05, 0.1) is 5.69 Å². The number of nitrogen functional groups attached to an aromatic ring is 1. The van der Waals surface area contributed by atoms with Gasteiger partial charge < -0.3 is 25.9 Å². The fraction of sp³-hybridized carbons (Fsp3) is 0.304. The zero-order valence-corrected chi connectivity index (χ0v) is 18.8. The molecule has 168 valence electrons. The average molecular weight is 458 g/mol. The SMILES string of the molecule is CCN/C1=C(\C(N)Cl)Cc2nc(C)oc2-c2ccc(F)cc2C(C)Oc2cc1cnc2N. The minimum Gasteiger partial charge on any atom is -0.482 e. The second-order valence-electron chi connectivity index (χ2n) is 7.62. The Balaban J connectivity index is 2.04. The molecule has 0 aliphatic carbocycles. The molecule has 3 aromatic rings. The van der Waals surface area contributed by atoms with Crippen molar-refractivity contribution in [3.63, 3.8) is 0 Å². The summed E-state index contributed by atoms with van der Waals surface area (Å²) in [5.74, 6) is 1.21. The van der Waals surface area contributed by atoms with E-state index in [0.717, 1.165) is 11.3 Å². The Bertz CT molecular complexity index is 1190. The summed E-state index contributed by atoms with van der Waals surface area (Å²) < 4.78 is 26.3. The number of aryl methyl sites for hydroxylation is 1. The zero-order valence-electron chi connectivity index (χ0n) is 18.1. The number of benzene rings is 1. The van der Waals surface area contributed by atoms with E-state index >= 15 is 0 Å². The number of nitrogens with two attached hydrogens (primary N) is 2. The summed E-state index contributed by atoms with van der Waals surface area (Å²) in [5, 5.41) is 3.34. The minimum absolute atomic E-state index is 0.222. The number of hydrogen-bond donors (Lipinski definition) is 3. The highest BCUT2D eigenvalue weighted by atomic mass is 35.5. The second-order valence-corrected chi connectivity index (χ2v) is 8.09. The van der Waals surface area contributed by atoms with Crippen LogP contribution in [-0.4, -0.2) is 22.0 Å². The molecule has 1 aromatic carbocycles. The lowest BCUT2D eigenvalue weighted by Gasteiger charge is -2.23. The number of alkyl halides is 1. The Morgan fingerprint density at radius 1 is 1.34 bits per heavy atom. The first kappa shape index (κ1) is 22.1. The van der Waals surface area contributed by atoms with Gasteiger partial charge in [-0.25, -0.2) is 14.4 Å². The lowest BCUT2D eigenvalue weighted by molar-refractivity contribution is 0.227. The molecule has 0 fully saturated rings. The maximum Gasteiger partial charge on any atom is 0.192 e. The van der Waals surface area contributed by atoms with E-state index in [-0.39, 0.29) is 11.6 Å². The predicted octanol–water partition coefficient (Wildman–Crippen LogP) is 4.31. The molecular formula is C23H25ClFN5O2. The first-order chi connectivity index (χ1) is 15.3. The van der Waals surface area contributed by atoms with Crippen molar-refractivity contribution < 1.29 is 13.5 Å². The van der Waals surface area contributed by atoms with Crippen LogP contribution in [0.15, 0.2) is 40.5 Å². The van der Waals surface area contributed by atoms with Crippen LogP contribution in [0.3, 0.4) is 0 Å². The summed E-state index contributed by atoms with van der Waals surface area (Å²) >= 11 is 6.44. The van der Waals surface area contributed by atoms with E-state index in [0.29, 0.717) is 52.8 Å². The van der Waals surface area contributed by atoms with Gasteiger partial charge in [-0.05, 0) is 43.7 Å². The first-order valence-electron chi connectivity index (χ1n) is 10.3. The van der Waals surface area contributed by atoms with E-state index in [1.165, 1.54) is 12.1 Å². The first-order valence-corrected chi connectivity index (χ1v) is 10.8. The molecule has 2 bridgehead atoms. The molecule has 0 radical (unpaired) electrons. The summed E-state index contributed by atoms with van der Waals surface area (Å²) in [5.41, 5.74) is 15.5. The van der Waals surface area contributed by atoms with Gasteiger partial charge in [0, 0.05) is 48.5 Å². The normalized spacial score (nSPS) is 19.1. The van der Waals surface area contributed by atoms with Crippen LogP contribution in [0.2, 0.25) is 0 Å². The molecule has 2 atom stereocenters. The Morgan fingerprint density at radius 2 is 2.12 bits per heavy atom. The number of nitrogens with one attached hydrogen (secondary N) is 1. The van der Waals surface area contributed by atoms with Gasteiger partial charge in [0.2, 0.25) is 0 Å². The van der Waals surface area contributed by atoms with Gasteiger partial charge >= 0.3 is 0 Å². The van der Waals surface area contributed by atoms with Crippen LogP contribution in [0, 0.1) is 12.7 Å². The monoisotopic (exact) mass is 457 g/mol. The standard InChI is InChI=1S/C23H25ClFN5O2/c1-4-28-20-13-7-19(23(27)29-10-13)31-11(2)16-8-14(25)5-6-15(16)21-18(30-12(3)32-21)9-17(20)22(24)26/h5-8,10-11,22,28H,4,9,26H2,1-3H3,(H2,27,29)/b20-17-. The number of rotatable bonds is 3. The van der Waals surface area contributed by atoms with Gasteiger partial charge in [-0.1, -0.05) is 0 Å². The van der Waals surface area contributed by atoms with Crippen molar-refractivity contribution in [2.24, 2.45) is 5.73 Å². The molecule has 1 aliphatic rings. The molecule has 2 aromatic heterocycles. The summed E-state index contributed by atoms with van der Waals surface area (Å²) in [6.45, 7) is 6.19. The van der Waals surface area contributed by atoms with E-state index in [4.69, 9.17) is 32.2 Å². The topological polar surface area (TPSA) is 112 Å². The Labute approximate surface area is 190 Å². The molecule has 0 saturated carbocycles. The third-order valence-electron chi connectivity index (χ3n) is 5.34. The van der Waals surface area contributed by atoms with Crippen molar-refractivity contribution in [2.75, 3.05) is 12.3 Å². The smallest absolute Gasteiger partial charge is 0.192 e. The minimum atomic E-state index is -0.801. The van der Waals surface area contributed by atoms with Crippen molar-refractivity contribution in [2.45, 2.75) is 38.8 Å². The van der Waals surface area contributed by atoms with Gasteiger partial charge in [-0.15, -0.1) is 11.6 Å². The summed E-state index contributed by atoms with van der Waals surface area (Å²) in [6.07, 6.45) is 1.42. The van der Waals surface area contributed by atoms with Crippen LogP contribution < -0.4 is 21.5 Å². The highest BCUT2D eigenvalue weighted by molar-refractivity contribution is 6.22. The molecule has 4 rings (SSSR count). The zero-order chi connectivity index (χ0) is 23.0. The van der Waals surface area contributed by atoms with Crippen molar-refractivity contribution >= 4 is 23.1 Å². The van der Waals surface area contributed by atoms with Gasteiger partial charge in [0.1, 0.15) is 17.4 Å². The van der Waals surface area contributed by atoms with E-state index in [1.54, 1.807) is 25.3 Å². The van der Waals surface area contributed by atoms with Gasteiger partial charge in [-0.3, -0.25) is 0 Å². The molecule has 0 saturated heterocycles. The van der Waals surface area contributed by atoms with Crippen LogP contribution in [0.5, 0.6) is 5.75 Å². The van der Waals surface area contributed by atoms with E-state index < -0.39 is 11.6 Å². The van der Waals surface area contributed by atoms with Crippen LogP contribution >= 0.6 is 11.6 Å². The number of anilines is 1. The number of hydrogen-bond acceptors (Lipinski definition) is 7. The molecule has 1 aliphatic heterocycles. The van der Waals surface area contributed by atoms with Gasteiger partial charge in [-0.2, -0.15) is 0 Å². The number of nitrogens with zero attached hydrogens (tertiary/aromatic N) is 2. The van der Waals surface area contributed by atoms with Crippen LogP contribution in [0.25, 0.3) is 17.0 Å². The number of fused-ring (bicyclic) bond motifs is 5. The maximum atomic E-state index is 14.2. The van der Waals surface area contributed by atoms with Crippen LogP contribution in [0.1, 0.15) is 42.7 Å². The molecule has 32 heavy (non-hydrogen) atoms. The molecular weight excluding hydrogens is 433 g/mol. The third kappa shape index (κ3) is 4.16. The van der Waals surface area contributed by atoms with E-state index in [9.17, 15) is 4.39 Å². The summed E-state index contributed by atoms with van der Waals surface area (Å²) in [7, 11) is 0. The fourth-order valence-electron chi connectivity index (χ4n) is 3.90. The maximum absolute atomic E-state index is 14.2. The second kappa shape index (κ2) is 8.80. The Kier molecular flexibility index (Phi) is 6.08. The third-order valence-corrected chi connectivity index (χ3v) is 5.60. The number of ether oxygens (including phenoxy) is 1. The van der Waals surface area contributed by atoms with Gasteiger partial charge in [0.25, 0.3) is 0 Å². The average Bonchev–Trinajstić information content (AvgIpc) is 3.11. The van der Waals surface area contributed by atoms with Gasteiger partial charge in [0.15, 0.2) is 23.2 Å². The highest BCUT2D eigenvalue weighted by Crippen LogP contribution is 2.38. The lowest BCUT2D eigenvalue weighted by atomic mass is 9.96. The van der Waals surface area contributed by atoms with Crippen LogP contribution in [0.4, 0.5) is 10.2 Å². The Hall–Kier alpha value is -3.10. The van der Waals surface area contributed by atoms with Crippen molar-refractivity contribution in [1.82, 2.24) is 15.3 Å². The van der Waals surface area contributed by atoms with Crippen molar-refractivity contribution in [3.05, 3.63) is 64.6 Å². The van der Waals surface area contributed by atoms with Crippen LogP contribution in [-0.2, 0) is 6.42 Å². The molecule has 0 spiro atoms. The number of aromatic nitrogens is 2. The van der Waals surface area contributed by atoms with E-state index in [1.807, 2.05) is 13.8 Å². The molecule has 3 heterocycles. The van der Waals surface area contributed by atoms with Crippen molar-refractivity contribution in [1.29, 1.82) is 0 Å². The molecule has 7 nitrogen and oxygen atoms in total. The quantitative estimate of drug-likeness (QED) is 0.397. The highest BCUT2D eigenvalue weighted by Gasteiger charge is 2.26. The molecule has 2 unspecified atom stereocenters. The fourth-order valence-corrected chi connectivity index (χ4v) is 4.09. The van der Waals surface area contributed by atoms with Crippen molar-refractivity contribution in [3.8, 4) is 17.1 Å². The summed E-state index contributed by atoms with van der Waals surface area (Å²) in [6, 6.07) is 6.25. The number of oxazole rings is 1. The Morgan fingerprint density at radius 3 is 2.84 bits per heavy atom.